The second-order valence-corrected chi connectivity index (χ2v) is 5.97. The van der Waals surface area contributed by atoms with Crippen LogP contribution in [0.15, 0.2) is 34.9 Å². The molecule has 2 heterocycles. The summed E-state index contributed by atoms with van der Waals surface area (Å²) in [5.74, 6) is 2.71. The molecule has 0 saturated heterocycles. The lowest BCUT2D eigenvalue weighted by molar-refractivity contribution is 0.393. The second kappa shape index (κ2) is 7.26. The maximum Gasteiger partial charge on any atom is 0.232 e. The van der Waals surface area contributed by atoms with Crippen molar-refractivity contribution in [3.8, 4) is 0 Å². The van der Waals surface area contributed by atoms with Crippen molar-refractivity contribution < 1.29 is 8.91 Å². The molecule has 24 heavy (non-hydrogen) atoms. The highest BCUT2D eigenvalue weighted by Gasteiger charge is 2.07. The van der Waals surface area contributed by atoms with Crippen LogP contribution >= 0.6 is 11.8 Å². The van der Waals surface area contributed by atoms with Gasteiger partial charge in [0.15, 0.2) is 0 Å². The highest BCUT2D eigenvalue weighted by atomic mass is 32.2. The highest BCUT2D eigenvalue weighted by Crippen LogP contribution is 2.18. The third kappa shape index (κ3) is 4.42. The average Bonchev–Trinajstić information content (AvgIpc) is 2.95. The van der Waals surface area contributed by atoms with E-state index in [2.05, 4.69) is 25.4 Å². The van der Waals surface area contributed by atoms with Crippen molar-refractivity contribution in [3.63, 3.8) is 0 Å². The van der Waals surface area contributed by atoms with Crippen LogP contribution in [0.1, 0.15) is 17.3 Å². The lowest BCUT2D eigenvalue weighted by Gasteiger charge is -2.07. The maximum atomic E-state index is 12.9. The molecule has 124 valence electrons. The molecule has 3 rings (SSSR count). The Kier molecular flexibility index (Phi) is 4.90. The fourth-order valence-electron chi connectivity index (χ4n) is 1.95. The van der Waals surface area contributed by atoms with Crippen molar-refractivity contribution in [1.29, 1.82) is 0 Å². The lowest BCUT2D eigenvalue weighted by atomic mass is 10.3. The van der Waals surface area contributed by atoms with Gasteiger partial charge in [0.1, 0.15) is 17.4 Å². The first-order chi connectivity index (χ1) is 11.6. The Morgan fingerprint density at radius 2 is 1.96 bits per heavy atom. The average molecular weight is 346 g/mol. The standard InChI is InChI=1S/C15H15FN6OS/c1-9-6-12(22-23-9)7-24-8-13-19-14(17)21-15(20-13)18-11-4-2-10(16)3-5-11/h2-6H,7-8H2,1H3,(H3,17,18,19,20,21). The zero-order chi connectivity index (χ0) is 16.9. The first-order valence-electron chi connectivity index (χ1n) is 7.11. The van der Waals surface area contributed by atoms with Crippen LogP contribution in [-0.2, 0) is 11.5 Å². The molecule has 0 atom stereocenters. The van der Waals surface area contributed by atoms with Crippen molar-refractivity contribution in [2.45, 2.75) is 18.4 Å². The number of halogens is 1. The summed E-state index contributed by atoms with van der Waals surface area (Å²) in [6, 6.07) is 7.77. The first kappa shape index (κ1) is 16.2. The van der Waals surface area contributed by atoms with E-state index >= 15 is 0 Å². The molecule has 3 aromatic rings. The fraction of sp³-hybridized carbons (Fsp3) is 0.200. The van der Waals surface area contributed by atoms with Gasteiger partial charge in [0.2, 0.25) is 11.9 Å². The number of aryl methyl sites for hydroxylation is 1. The molecule has 3 N–H and O–H groups in total. The molecule has 0 saturated carbocycles. The van der Waals surface area contributed by atoms with Crippen LogP contribution in [0, 0.1) is 12.7 Å². The normalized spacial score (nSPS) is 10.8. The molecule has 0 unspecified atom stereocenters. The molecule has 0 radical (unpaired) electrons. The minimum absolute atomic E-state index is 0.127. The van der Waals surface area contributed by atoms with Crippen LogP contribution in [0.5, 0.6) is 0 Å². The van der Waals surface area contributed by atoms with Gasteiger partial charge in [0.05, 0.1) is 11.4 Å². The number of benzene rings is 1. The Morgan fingerprint density at radius 1 is 1.17 bits per heavy atom. The smallest absolute Gasteiger partial charge is 0.232 e. The second-order valence-electron chi connectivity index (χ2n) is 4.99. The molecule has 0 aliphatic heterocycles. The lowest BCUT2D eigenvalue weighted by Crippen LogP contribution is -2.06. The number of hydrogen-bond donors (Lipinski definition) is 2. The van der Waals surface area contributed by atoms with E-state index in [0.717, 1.165) is 11.5 Å². The van der Waals surface area contributed by atoms with Crippen LogP contribution in [0.4, 0.5) is 22.0 Å². The van der Waals surface area contributed by atoms with E-state index < -0.39 is 0 Å². The first-order valence-corrected chi connectivity index (χ1v) is 8.27. The van der Waals surface area contributed by atoms with E-state index in [-0.39, 0.29) is 11.8 Å². The Morgan fingerprint density at radius 3 is 2.67 bits per heavy atom. The summed E-state index contributed by atoms with van der Waals surface area (Å²) in [6.45, 7) is 1.85. The molecule has 0 spiro atoms. The summed E-state index contributed by atoms with van der Waals surface area (Å²) in [5, 5.41) is 6.91. The van der Waals surface area contributed by atoms with E-state index in [4.69, 9.17) is 10.3 Å². The van der Waals surface area contributed by atoms with Gasteiger partial charge >= 0.3 is 0 Å². The van der Waals surface area contributed by atoms with E-state index in [1.165, 1.54) is 12.1 Å². The van der Waals surface area contributed by atoms with Gasteiger partial charge in [-0.1, -0.05) is 5.16 Å². The van der Waals surface area contributed by atoms with Crippen LogP contribution < -0.4 is 11.1 Å². The number of thioether (sulfide) groups is 1. The Hall–Kier alpha value is -2.68. The molecular formula is C15H15FN6OS. The van der Waals surface area contributed by atoms with Crippen LogP contribution in [0.3, 0.4) is 0 Å². The van der Waals surface area contributed by atoms with Crippen LogP contribution in [0.25, 0.3) is 0 Å². The molecule has 0 fully saturated rings. The van der Waals surface area contributed by atoms with Gasteiger partial charge in [-0.25, -0.2) is 4.39 Å². The summed E-state index contributed by atoms with van der Waals surface area (Å²) < 4.78 is 17.9. The Balaban J connectivity index is 1.63. The zero-order valence-corrected chi connectivity index (χ0v) is 13.7. The fourth-order valence-corrected chi connectivity index (χ4v) is 2.71. The van der Waals surface area contributed by atoms with Gasteiger partial charge < -0.3 is 15.6 Å². The van der Waals surface area contributed by atoms with Crippen molar-refractivity contribution in [3.05, 3.63) is 53.4 Å². The molecule has 0 aliphatic rings. The number of hydrogen-bond acceptors (Lipinski definition) is 8. The largest absolute Gasteiger partial charge is 0.368 e. The Bertz CT molecular complexity index is 823. The molecule has 0 aliphatic carbocycles. The summed E-state index contributed by atoms with van der Waals surface area (Å²) in [5.41, 5.74) is 7.25. The monoisotopic (exact) mass is 346 g/mol. The molecular weight excluding hydrogens is 331 g/mol. The topological polar surface area (TPSA) is 103 Å². The van der Waals surface area contributed by atoms with Gasteiger partial charge in [0.25, 0.3) is 0 Å². The van der Waals surface area contributed by atoms with Crippen molar-refractivity contribution >= 4 is 29.3 Å². The van der Waals surface area contributed by atoms with E-state index in [1.807, 2.05) is 13.0 Å². The van der Waals surface area contributed by atoms with Gasteiger partial charge in [-0.05, 0) is 31.2 Å². The van der Waals surface area contributed by atoms with Gasteiger partial charge in [-0.3, -0.25) is 0 Å². The number of nitrogens with one attached hydrogen (secondary N) is 1. The Labute approximate surface area is 141 Å². The molecule has 2 aromatic heterocycles. The minimum atomic E-state index is -0.309. The van der Waals surface area contributed by atoms with Gasteiger partial charge in [-0.15, -0.1) is 11.8 Å². The zero-order valence-electron chi connectivity index (χ0n) is 12.9. The number of aromatic nitrogens is 4. The van der Waals surface area contributed by atoms with E-state index in [9.17, 15) is 4.39 Å². The van der Waals surface area contributed by atoms with Crippen LogP contribution in [-0.4, -0.2) is 20.1 Å². The van der Waals surface area contributed by atoms with Crippen LogP contribution in [0.2, 0.25) is 0 Å². The third-order valence-corrected chi connectivity index (χ3v) is 3.92. The SMILES string of the molecule is Cc1cc(CSCc2nc(N)nc(Nc3ccc(F)cc3)n2)no1. The predicted molar refractivity (Wildman–Crippen MR) is 90.2 cm³/mol. The number of anilines is 3. The van der Waals surface area contributed by atoms with Gasteiger partial charge in [0, 0.05) is 17.5 Å². The number of nitrogens with two attached hydrogens (primary N) is 1. The minimum Gasteiger partial charge on any atom is -0.368 e. The number of rotatable bonds is 6. The predicted octanol–water partition coefficient (Wildman–Crippen LogP) is 3.07. The summed E-state index contributed by atoms with van der Waals surface area (Å²) in [7, 11) is 0. The van der Waals surface area contributed by atoms with Gasteiger partial charge in [-0.2, -0.15) is 15.0 Å². The summed E-state index contributed by atoms with van der Waals surface area (Å²) in [6.07, 6.45) is 0. The van der Waals surface area contributed by atoms with Crippen molar-refractivity contribution in [1.82, 2.24) is 20.1 Å². The van der Waals surface area contributed by atoms with Crippen molar-refractivity contribution in [2.24, 2.45) is 0 Å². The van der Waals surface area contributed by atoms with E-state index in [0.29, 0.717) is 29.0 Å². The maximum absolute atomic E-state index is 12.9. The summed E-state index contributed by atoms with van der Waals surface area (Å²) >= 11 is 1.59. The van der Waals surface area contributed by atoms with Crippen molar-refractivity contribution in [2.75, 3.05) is 11.1 Å². The quantitative estimate of drug-likeness (QED) is 0.702. The number of nitrogens with zero attached hydrogens (tertiary/aromatic N) is 4. The highest BCUT2D eigenvalue weighted by molar-refractivity contribution is 7.97. The molecule has 7 nitrogen and oxygen atoms in total. The molecule has 1 aromatic carbocycles. The molecule has 9 heteroatoms. The van der Waals surface area contributed by atoms with E-state index in [1.54, 1.807) is 23.9 Å². The third-order valence-electron chi connectivity index (χ3n) is 2.96. The summed E-state index contributed by atoms with van der Waals surface area (Å²) in [4.78, 5) is 12.5. The molecule has 0 amide bonds. The number of nitrogen functional groups attached to an aromatic ring is 1. The molecule has 0 bridgehead atoms.